The second-order valence-corrected chi connectivity index (χ2v) is 6.64. The van der Waals surface area contributed by atoms with Crippen molar-refractivity contribution in [1.29, 1.82) is 0 Å². The Balaban J connectivity index is 1.49. The Bertz CT molecular complexity index is 1070. The Kier molecular flexibility index (Phi) is 7.18. The van der Waals surface area contributed by atoms with Crippen molar-refractivity contribution in [3.8, 4) is 5.75 Å². The largest absolute Gasteiger partial charge is 0.497 e. The van der Waals surface area contributed by atoms with Crippen LogP contribution in [0.5, 0.6) is 5.75 Å². The molecule has 0 atom stereocenters. The summed E-state index contributed by atoms with van der Waals surface area (Å²) in [5.41, 5.74) is 1.68. The summed E-state index contributed by atoms with van der Waals surface area (Å²) in [5, 5.41) is 5.60. The lowest BCUT2D eigenvalue weighted by Crippen LogP contribution is -2.21. The molecule has 1 aromatic heterocycles. The van der Waals surface area contributed by atoms with E-state index in [0.29, 0.717) is 22.7 Å². The summed E-state index contributed by atoms with van der Waals surface area (Å²) in [5.74, 6) is -0.822. The van der Waals surface area contributed by atoms with Crippen LogP contribution in [0.4, 0.5) is 11.4 Å². The molecule has 2 N–H and O–H groups in total. The van der Waals surface area contributed by atoms with Crippen LogP contribution < -0.4 is 15.4 Å². The fraction of sp³-hybridized carbons (Fsp3) is 0.0909. The predicted octanol–water partition coefficient (Wildman–Crippen LogP) is 3.79. The number of benzene rings is 2. The first-order chi connectivity index (χ1) is 14.9. The first kappa shape index (κ1) is 21.8. The highest BCUT2D eigenvalue weighted by atomic mass is 35.5. The normalized spacial score (nSPS) is 10.1. The van der Waals surface area contributed by atoms with Crippen LogP contribution in [0.25, 0.3) is 0 Å². The number of hydrogen-bond donors (Lipinski definition) is 2. The summed E-state index contributed by atoms with van der Waals surface area (Å²) in [6.45, 7) is -0.471. The predicted molar refractivity (Wildman–Crippen MR) is 116 cm³/mol. The molecule has 0 spiro atoms. The van der Waals surface area contributed by atoms with Crippen molar-refractivity contribution in [2.45, 2.75) is 0 Å². The minimum atomic E-state index is -0.690. The van der Waals surface area contributed by atoms with Crippen LogP contribution in [-0.4, -0.2) is 36.5 Å². The molecule has 0 saturated carbocycles. The molecular weight excluding hydrogens is 422 g/mol. The number of carbonyl (C=O) groups is 3. The molecule has 8 nitrogen and oxygen atoms in total. The van der Waals surface area contributed by atoms with Crippen molar-refractivity contribution < 1.29 is 23.9 Å². The fourth-order valence-corrected chi connectivity index (χ4v) is 2.60. The summed E-state index contributed by atoms with van der Waals surface area (Å²) in [6.07, 6.45) is 1.26. The third-order valence-corrected chi connectivity index (χ3v) is 4.30. The average molecular weight is 440 g/mol. The molecule has 0 unspecified atom stereocenters. The zero-order chi connectivity index (χ0) is 22.2. The molecule has 2 amide bonds. The van der Waals surface area contributed by atoms with Gasteiger partial charge in [0.1, 0.15) is 10.9 Å². The molecule has 1 heterocycles. The van der Waals surface area contributed by atoms with Gasteiger partial charge in [-0.2, -0.15) is 0 Å². The number of nitrogens with one attached hydrogen (secondary N) is 2. The molecule has 0 fully saturated rings. The number of pyridine rings is 1. The molecule has 3 aromatic rings. The van der Waals surface area contributed by atoms with Crippen molar-refractivity contribution in [3.63, 3.8) is 0 Å². The highest BCUT2D eigenvalue weighted by molar-refractivity contribution is 6.29. The summed E-state index contributed by atoms with van der Waals surface area (Å²) >= 11 is 5.66. The molecular formula is C22H18ClN3O5. The number of ether oxygens (including phenoxy) is 2. The van der Waals surface area contributed by atoms with Gasteiger partial charge in [0.15, 0.2) is 6.61 Å². The van der Waals surface area contributed by atoms with Crippen molar-refractivity contribution >= 4 is 40.8 Å². The molecule has 0 aliphatic carbocycles. The smallest absolute Gasteiger partial charge is 0.340 e. The van der Waals surface area contributed by atoms with E-state index in [-0.39, 0.29) is 16.6 Å². The number of aromatic nitrogens is 1. The molecule has 9 heteroatoms. The Hall–Kier alpha value is -3.91. The molecule has 158 valence electrons. The zero-order valence-corrected chi connectivity index (χ0v) is 17.2. The molecule has 0 aliphatic rings. The number of hydrogen-bond acceptors (Lipinski definition) is 6. The van der Waals surface area contributed by atoms with E-state index >= 15 is 0 Å². The van der Waals surface area contributed by atoms with E-state index in [2.05, 4.69) is 15.6 Å². The monoisotopic (exact) mass is 439 g/mol. The van der Waals surface area contributed by atoms with Crippen LogP contribution in [0, 0.1) is 0 Å². The summed E-state index contributed by atoms with van der Waals surface area (Å²) in [4.78, 5) is 40.0. The molecule has 0 aliphatic heterocycles. The van der Waals surface area contributed by atoms with Gasteiger partial charge in [0.25, 0.3) is 11.8 Å². The maximum Gasteiger partial charge on any atom is 0.340 e. The molecule has 0 saturated heterocycles. The molecule has 31 heavy (non-hydrogen) atoms. The van der Waals surface area contributed by atoms with Crippen molar-refractivity contribution in [2.75, 3.05) is 24.4 Å². The van der Waals surface area contributed by atoms with Gasteiger partial charge in [-0.25, -0.2) is 9.78 Å². The third kappa shape index (κ3) is 6.28. The van der Waals surface area contributed by atoms with Crippen LogP contribution >= 0.6 is 11.6 Å². The molecule has 3 rings (SSSR count). The lowest BCUT2D eigenvalue weighted by Gasteiger charge is -2.09. The van der Waals surface area contributed by atoms with E-state index in [9.17, 15) is 14.4 Å². The average Bonchev–Trinajstić information content (AvgIpc) is 2.79. The lowest BCUT2D eigenvalue weighted by atomic mass is 10.2. The van der Waals surface area contributed by atoms with Crippen LogP contribution in [0.3, 0.4) is 0 Å². The van der Waals surface area contributed by atoms with E-state index < -0.39 is 18.5 Å². The van der Waals surface area contributed by atoms with Gasteiger partial charge in [-0.3, -0.25) is 9.59 Å². The van der Waals surface area contributed by atoms with Crippen LogP contribution in [0.15, 0.2) is 66.9 Å². The molecule has 0 radical (unpaired) electrons. The minimum absolute atomic E-state index is 0.185. The highest BCUT2D eigenvalue weighted by Crippen LogP contribution is 2.17. The quantitative estimate of drug-likeness (QED) is 0.428. The maximum atomic E-state index is 12.3. The second kappa shape index (κ2) is 10.2. The van der Waals surface area contributed by atoms with Crippen LogP contribution in [0.2, 0.25) is 5.15 Å². The van der Waals surface area contributed by atoms with Gasteiger partial charge in [-0.05, 0) is 60.7 Å². The summed E-state index contributed by atoms with van der Waals surface area (Å²) in [7, 11) is 1.56. The standard InChI is InChI=1S/C22H18ClN3O5/c1-30-18-9-7-17(8-10-18)26-21(28)14-2-5-16(6-3-14)25-20(27)13-31-22(29)15-4-11-19(23)24-12-15/h2-12H,13H2,1H3,(H,25,27)(H,26,28). The number of carbonyl (C=O) groups excluding carboxylic acids is 3. The van der Waals surface area contributed by atoms with Gasteiger partial charge in [-0.1, -0.05) is 11.6 Å². The number of methoxy groups -OCH3 is 1. The lowest BCUT2D eigenvalue weighted by molar-refractivity contribution is -0.119. The molecule has 0 bridgehead atoms. The zero-order valence-electron chi connectivity index (χ0n) is 16.4. The van der Waals surface area contributed by atoms with E-state index in [1.54, 1.807) is 55.6 Å². The van der Waals surface area contributed by atoms with E-state index in [1.807, 2.05) is 0 Å². The Morgan fingerprint density at radius 2 is 1.48 bits per heavy atom. The number of nitrogens with zero attached hydrogens (tertiary/aromatic N) is 1. The Morgan fingerprint density at radius 3 is 2.10 bits per heavy atom. The summed E-state index contributed by atoms with van der Waals surface area (Å²) < 4.78 is 10.0. The van der Waals surface area contributed by atoms with Crippen molar-refractivity contribution in [2.24, 2.45) is 0 Å². The third-order valence-electron chi connectivity index (χ3n) is 4.08. The summed E-state index contributed by atoms with van der Waals surface area (Å²) in [6, 6.07) is 16.1. The number of amides is 2. The maximum absolute atomic E-state index is 12.3. The fourth-order valence-electron chi connectivity index (χ4n) is 2.49. The first-order valence-electron chi connectivity index (χ1n) is 9.08. The highest BCUT2D eigenvalue weighted by Gasteiger charge is 2.12. The van der Waals surface area contributed by atoms with Gasteiger partial charge in [-0.15, -0.1) is 0 Å². The number of halogens is 1. The number of rotatable bonds is 7. The number of anilines is 2. The molecule has 2 aromatic carbocycles. The van der Waals surface area contributed by atoms with Gasteiger partial charge >= 0.3 is 5.97 Å². The van der Waals surface area contributed by atoms with E-state index in [4.69, 9.17) is 21.1 Å². The Labute approximate surface area is 183 Å². The van der Waals surface area contributed by atoms with Gasteiger partial charge in [0.05, 0.1) is 12.7 Å². The van der Waals surface area contributed by atoms with Crippen LogP contribution in [0.1, 0.15) is 20.7 Å². The topological polar surface area (TPSA) is 107 Å². The van der Waals surface area contributed by atoms with Crippen molar-refractivity contribution in [3.05, 3.63) is 83.1 Å². The SMILES string of the molecule is COc1ccc(NC(=O)c2ccc(NC(=O)COC(=O)c3ccc(Cl)nc3)cc2)cc1. The van der Waals surface area contributed by atoms with Gasteiger partial charge in [0.2, 0.25) is 0 Å². The van der Waals surface area contributed by atoms with Crippen LogP contribution in [-0.2, 0) is 9.53 Å². The first-order valence-corrected chi connectivity index (χ1v) is 9.46. The second-order valence-electron chi connectivity index (χ2n) is 6.25. The van der Waals surface area contributed by atoms with Gasteiger partial charge < -0.3 is 20.1 Å². The van der Waals surface area contributed by atoms with E-state index in [0.717, 1.165) is 0 Å². The Morgan fingerprint density at radius 1 is 0.871 bits per heavy atom. The van der Waals surface area contributed by atoms with Crippen molar-refractivity contribution in [1.82, 2.24) is 4.98 Å². The minimum Gasteiger partial charge on any atom is -0.497 e. The number of esters is 1. The van der Waals surface area contributed by atoms with Gasteiger partial charge in [0, 0.05) is 23.1 Å². The van der Waals surface area contributed by atoms with E-state index in [1.165, 1.54) is 18.3 Å².